The van der Waals surface area contributed by atoms with Crippen molar-refractivity contribution in [3.8, 4) is 16.9 Å². The molecule has 0 unspecified atom stereocenters. The minimum absolute atomic E-state index is 0.301. The fourth-order valence-corrected chi connectivity index (χ4v) is 5.90. The van der Waals surface area contributed by atoms with Gasteiger partial charge in [-0.2, -0.15) is 0 Å². The van der Waals surface area contributed by atoms with Crippen molar-refractivity contribution in [2.75, 3.05) is 46.4 Å². The predicted octanol–water partition coefficient (Wildman–Crippen LogP) is 4.12. The molecule has 0 spiro atoms. The van der Waals surface area contributed by atoms with E-state index in [2.05, 4.69) is 52.0 Å². The molecule has 2 aromatic rings. The fraction of sp³-hybridized carbons (Fsp3) is 0.536. The highest BCUT2D eigenvalue weighted by atomic mass is 16.5. The maximum absolute atomic E-state index is 13.0. The minimum atomic E-state index is 0.301. The zero-order valence-electron chi connectivity index (χ0n) is 20.2. The number of rotatable bonds is 5. The van der Waals surface area contributed by atoms with Gasteiger partial charge in [0.2, 0.25) is 5.91 Å². The van der Waals surface area contributed by atoms with Gasteiger partial charge in [-0.25, -0.2) is 0 Å². The van der Waals surface area contributed by atoms with Crippen LogP contribution in [0.2, 0.25) is 0 Å². The summed E-state index contributed by atoms with van der Waals surface area (Å²) in [4.78, 5) is 20.0. The summed E-state index contributed by atoms with van der Waals surface area (Å²) in [5.41, 5.74) is 6.52. The van der Waals surface area contributed by atoms with Crippen molar-refractivity contribution in [3.63, 3.8) is 0 Å². The molecule has 2 aromatic carbocycles. The van der Waals surface area contributed by atoms with Gasteiger partial charge in [0.05, 0.1) is 13.7 Å². The second-order valence-corrected chi connectivity index (χ2v) is 9.98. The van der Waals surface area contributed by atoms with Gasteiger partial charge in [-0.05, 0) is 66.1 Å². The molecule has 2 heterocycles. The van der Waals surface area contributed by atoms with E-state index < -0.39 is 0 Å². The van der Waals surface area contributed by atoms with Gasteiger partial charge in [-0.15, -0.1) is 0 Å². The van der Waals surface area contributed by atoms with Crippen molar-refractivity contribution < 1.29 is 9.53 Å². The Bertz CT molecular complexity index is 991. The maximum atomic E-state index is 13.0. The molecular formula is C28H37N3O2. The molecule has 0 bridgehead atoms. The van der Waals surface area contributed by atoms with Gasteiger partial charge >= 0.3 is 0 Å². The first-order chi connectivity index (χ1) is 16.1. The topological polar surface area (TPSA) is 36.0 Å². The summed E-state index contributed by atoms with van der Waals surface area (Å²) >= 11 is 0. The summed E-state index contributed by atoms with van der Waals surface area (Å²) in [7, 11) is 1.71. The number of nitrogens with zero attached hydrogens (tertiary/aromatic N) is 3. The van der Waals surface area contributed by atoms with Gasteiger partial charge in [0.25, 0.3) is 0 Å². The number of piperazine rings is 1. The summed E-state index contributed by atoms with van der Waals surface area (Å²) in [6.07, 6.45) is 6.45. The molecule has 5 nitrogen and oxygen atoms in total. The molecule has 2 aliphatic heterocycles. The number of benzene rings is 2. The smallest absolute Gasteiger partial charge is 0.236 e. The lowest BCUT2D eigenvalue weighted by Crippen LogP contribution is -2.53. The first kappa shape index (κ1) is 22.4. The van der Waals surface area contributed by atoms with Crippen molar-refractivity contribution in [3.05, 3.63) is 53.1 Å². The number of hydrogen-bond donors (Lipinski definition) is 0. The number of fused-ring (bicyclic) bond motifs is 1. The van der Waals surface area contributed by atoms with Gasteiger partial charge in [-0.1, -0.05) is 37.1 Å². The summed E-state index contributed by atoms with van der Waals surface area (Å²) < 4.78 is 5.35. The van der Waals surface area contributed by atoms with E-state index in [4.69, 9.17) is 4.74 Å². The molecule has 33 heavy (non-hydrogen) atoms. The molecule has 0 N–H and O–H groups in total. The summed E-state index contributed by atoms with van der Waals surface area (Å²) in [5, 5.41) is 0. The highest BCUT2D eigenvalue weighted by Crippen LogP contribution is 2.30. The SMILES string of the molecule is COc1ccc(-c2ccc3c(c2)CCN(CC(=O)N2CCN(C4CCCC4)CC2)C3)c(C)c1. The molecule has 5 rings (SSSR count). The zero-order chi connectivity index (χ0) is 22.8. The van der Waals surface area contributed by atoms with Crippen LogP contribution in [0.15, 0.2) is 36.4 Å². The highest BCUT2D eigenvalue weighted by molar-refractivity contribution is 5.78. The maximum Gasteiger partial charge on any atom is 0.236 e. The van der Waals surface area contributed by atoms with Gasteiger partial charge in [0.15, 0.2) is 0 Å². The molecule has 0 radical (unpaired) electrons. The quantitative estimate of drug-likeness (QED) is 0.691. The zero-order valence-corrected chi connectivity index (χ0v) is 20.2. The van der Waals surface area contributed by atoms with E-state index in [9.17, 15) is 4.79 Å². The number of aryl methyl sites for hydroxylation is 1. The van der Waals surface area contributed by atoms with E-state index in [1.165, 1.54) is 53.5 Å². The summed E-state index contributed by atoms with van der Waals surface area (Å²) in [5.74, 6) is 1.20. The molecule has 3 aliphatic rings. The van der Waals surface area contributed by atoms with Crippen LogP contribution in [0.25, 0.3) is 11.1 Å². The number of hydrogen-bond acceptors (Lipinski definition) is 4. The molecule has 1 aliphatic carbocycles. The standard InChI is InChI=1S/C28H37N3O2/c1-21-17-26(33-2)9-10-27(21)23-7-8-24-19-29(12-11-22(24)18-23)20-28(32)31-15-13-30(14-16-31)25-5-3-4-6-25/h7-10,17-18,25H,3-6,11-16,19-20H2,1-2H3. The Kier molecular flexibility index (Phi) is 6.70. The minimum Gasteiger partial charge on any atom is -0.497 e. The Balaban J connectivity index is 1.17. The molecular weight excluding hydrogens is 410 g/mol. The molecule has 0 aromatic heterocycles. The van der Waals surface area contributed by atoms with Gasteiger partial charge in [-0.3, -0.25) is 14.6 Å². The van der Waals surface area contributed by atoms with Crippen molar-refractivity contribution in [1.29, 1.82) is 0 Å². The molecule has 1 amide bonds. The van der Waals surface area contributed by atoms with E-state index in [0.29, 0.717) is 12.5 Å². The van der Waals surface area contributed by atoms with Crippen molar-refractivity contribution in [2.45, 2.75) is 51.6 Å². The van der Waals surface area contributed by atoms with E-state index in [-0.39, 0.29) is 0 Å². The molecule has 1 saturated carbocycles. The van der Waals surface area contributed by atoms with Crippen LogP contribution in [0.3, 0.4) is 0 Å². The molecule has 0 atom stereocenters. The molecule has 176 valence electrons. The lowest BCUT2D eigenvalue weighted by molar-refractivity contribution is -0.134. The average Bonchev–Trinajstić information content (AvgIpc) is 3.39. The first-order valence-electron chi connectivity index (χ1n) is 12.6. The summed E-state index contributed by atoms with van der Waals surface area (Å²) in [6, 6.07) is 13.9. The van der Waals surface area contributed by atoms with Crippen LogP contribution in [0.5, 0.6) is 5.75 Å². The van der Waals surface area contributed by atoms with Crippen LogP contribution in [0.1, 0.15) is 42.4 Å². The Morgan fingerprint density at radius 1 is 0.970 bits per heavy atom. The van der Waals surface area contributed by atoms with Gasteiger partial charge in [0.1, 0.15) is 5.75 Å². The van der Waals surface area contributed by atoms with Crippen LogP contribution in [0, 0.1) is 6.92 Å². The first-order valence-corrected chi connectivity index (χ1v) is 12.6. The number of carbonyl (C=O) groups is 1. The third-order valence-corrected chi connectivity index (χ3v) is 7.91. The van der Waals surface area contributed by atoms with Gasteiger partial charge < -0.3 is 9.64 Å². The number of ether oxygens (including phenoxy) is 1. The monoisotopic (exact) mass is 447 g/mol. The van der Waals surface area contributed by atoms with Crippen LogP contribution in [-0.4, -0.2) is 73.0 Å². The van der Waals surface area contributed by atoms with Crippen molar-refractivity contribution in [2.24, 2.45) is 0 Å². The fourth-order valence-electron chi connectivity index (χ4n) is 5.90. The normalized spacial score (nSPS) is 20.1. The second kappa shape index (κ2) is 9.86. The van der Waals surface area contributed by atoms with Crippen LogP contribution in [0.4, 0.5) is 0 Å². The second-order valence-electron chi connectivity index (χ2n) is 9.98. The van der Waals surface area contributed by atoms with E-state index in [0.717, 1.165) is 57.5 Å². The van der Waals surface area contributed by atoms with E-state index >= 15 is 0 Å². The largest absolute Gasteiger partial charge is 0.497 e. The molecule has 5 heteroatoms. The third kappa shape index (κ3) is 4.95. The van der Waals surface area contributed by atoms with Crippen molar-refractivity contribution in [1.82, 2.24) is 14.7 Å². The molecule has 1 saturated heterocycles. The third-order valence-electron chi connectivity index (χ3n) is 7.91. The molecule has 2 fully saturated rings. The summed E-state index contributed by atoms with van der Waals surface area (Å²) in [6.45, 7) is 8.38. The van der Waals surface area contributed by atoms with Crippen LogP contribution < -0.4 is 4.74 Å². The predicted molar refractivity (Wildman–Crippen MR) is 133 cm³/mol. The lowest BCUT2D eigenvalue weighted by Gasteiger charge is -2.39. The Labute approximate surface area is 198 Å². The van der Waals surface area contributed by atoms with Crippen molar-refractivity contribution >= 4 is 5.91 Å². The Morgan fingerprint density at radius 2 is 1.76 bits per heavy atom. The number of methoxy groups -OCH3 is 1. The Morgan fingerprint density at radius 3 is 2.48 bits per heavy atom. The number of amides is 1. The highest BCUT2D eigenvalue weighted by Gasteiger charge is 2.29. The van der Waals surface area contributed by atoms with Crippen LogP contribution >= 0.6 is 0 Å². The van der Waals surface area contributed by atoms with Crippen LogP contribution in [-0.2, 0) is 17.8 Å². The Hall–Kier alpha value is -2.37. The lowest BCUT2D eigenvalue weighted by atomic mass is 9.93. The van der Waals surface area contributed by atoms with Gasteiger partial charge in [0, 0.05) is 45.3 Å². The van der Waals surface area contributed by atoms with E-state index in [1.807, 2.05) is 6.07 Å². The average molecular weight is 448 g/mol. The number of carbonyl (C=O) groups excluding carboxylic acids is 1. The van der Waals surface area contributed by atoms with E-state index in [1.54, 1.807) is 7.11 Å².